The van der Waals surface area contributed by atoms with Gasteiger partial charge in [-0.25, -0.2) is 4.79 Å². The average molecular weight is 668 g/mol. The Balaban J connectivity index is 2.29. The summed E-state index contributed by atoms with van der Waals surface area (Å²) in [5.74, 6) is -2.39. The lowest BCUT2D eigenvalue weighted by atomic mass is 9.76. The van der Waals surface area contributed by atoms with Gasteiger partial charge in [-0.05, 0) is 49.8 Å². The van der Waals surface area contributed by atoms with Crippen LogP contribution in [0.1, 0.15) is 86.6 Å². The summed E-state index contributed by atoms with van der Waals surface area (Å²) < 4.78 is 0. The highest BCUT2D eigenvalue weighted by molar-refractivity contribution is 5.96. The Hall–Kier alpha value is -4.19. The number of amides is 3. The van der Waals surface area contributed by atoms with E-state index in [1.54, 1.807) is 32.0 Å². The van der Waals surface area contributed by atoms with E-state index in [2.05, 4.69) is 20.9 Å². The van der Waals surface area contributed by atoms with E-state index in [1.807, 2.05) is 78.9 Å². The first-order chi connectivity index (χ1) is 22.2. The van der Waals surface area contributed by atoms with Crippen molar-refractivity contribution < 1.29 is 24.3 Å². The van der Waals surface area contributed by atoms with Crippen LogP contribution in [-0.2, 0) is 24.6 Å². The molecule has 12 nitrogen and oxygen atoms in total. The largest absolute Gasteiger partial charge is 0.480 e. The van der Waals surface area contributed by atoms with Gasteiger partial charge in [0.25, 0.3) is 0 Å². The molecule has 266 valence electrons. The zero-order valence-corrected chi connectivity index (χ0v) is 30.3. The molecule has 0 fully saturated rings. The number of carboxylic acid groups (broad SMARTS) is 1. The van der Waals surface area contributed by atoms with Crippen molar-refractivity contribution in [3.63, 3.8) is 0 Å². The number of aromatic amines is 1. The highest BCUT2D eigenvalue weighted by Crippen LogP contribution is 2.34. The molecule has 3 amide bonds. The lowest BCUT2D eigenvalue weighted by Crippen LogP contribution is -2.61. The summed E-state index contributed by atoms with van der Waals surface area (Å²) in [6, 6.07) is 4.74. The maximum atomic E-state index is 14.2. The number of unbranched alkanes of at least 4 members (excludes halogenated alkanes) is 1. The van der Waals surface area contributed by atoms with Crippen molar-refractivity contribution in [2.75, 3.05) is 14.1 Å². The van der Waals surface area contributed by atoms with Crippen LogP contribution < -0.4 is 21.7 Å². The third-order valence-corrected chi connectivity index (χ3v) is 9.00. The molecule has 1 aromatic heterocycles. The Morgan fingerprint density at radius 3 is 2.21 bits per heavy atom. The van der Waals surface area contributed by atoms with Gasteiger partial charge in [-0.3, -0.25) is 19.8 Å². The highest BCUT2D eigenvalue weighted by Gasteiger charge is 2.42. The van der Waals surface area contributed by atoms with E-state index in [4.69, 9.17) is 11.1 Å². The summed E-state index contributed by atoms with van der Waals surface area (Å²) >= 11 is 0. The molecule has 2 aromatic rings. The first-order valence-electron chi connectivity index (χ1n) is 16.6. The lowest BCUT2D eigenvalue weighted by Gasteiger charge is -2.39. The van der Waals surface area contributed by atoms with Crippen LogP contribution in [0.5, 0.6) is 0 Å². The van der Waals surface area contributed by atoms with Gasteiger partial charge in [-0.2, -0.15) is 0 Å². The third-order valence-electron chi connectivity index (χ3n) is 9.00. The third kappa shape index (κ3) is 10.2. The number of carboxylic acids is 1. The molecule has 0 saturated heterocycles. The molecule has 0 aliphatic heterocycles. The Morgan fingerprint density at radius 1 is 1.04 bits per heavy atom. The average Bonchev–Trinajstić information content (AvgIpc) is 3.43. The number of H-pyrrole nitrogens is 1. The molecule has 0 saturated carbocycles. The number of fused-ring (bicyclic) bond motifs is 1. The highest BCUT2D eigenvalue weighted by atomic mass is 16.4. The van der Waals surface area contributed by atoms with Crippen molar-refractivity contribution >= 4 is 40.4 Å². The molecule has 0 aliphatic carbocycles. The molecule has 2 unspecified atom stereocenters. The van der Waals surface area contributed by atoms with E-state index in [9.17, 15) is 24.3 Å². The van der Waals surface area contributed by atoms with Crippen LogP contribution >= 0.6 is 0 Å². The first kappa shape index (κ1) is 40.0. The number of likely N-dealkylation sites (N-methyl/N-ethyl adjacent to an activating group) is 2. The number of benzene rings is 1. The summed E-state index contributed by atoms with van der Waals surface area (Å²) in [6.45, 7) is 15.1. The van der Waals surface area contributed by atoms with E-state index in [0.717, 1.165) is 16.5 Å². The van der Waals surface area contributed by atoms with Gasteiger partial charge in [0.15, 0.2) is 0 Å². The van der Waals surface area contributed by atoms with Crippen LogP contribution in [0.25, 0.3) is 10.9 Å². The molecular formula is C36H57N7O5. The topological polar surface area (TPSA) is 194 Å². The molecule has 1 aromatic carbocycles. The zero-order valence-electron chi connectivity index (χ0n) is 30.3. The molecule has 0 radical (unpaired) electrons. The number of nitrogens with two attached hydrogens (primary N) is 1. The lowest BCUT2D eigenvalue weighted by molar-refractivity contribution is -0.141. The van der Waals surface area contributed by atoms with E-state index in [0.29, 0.717) is 19.3 Å². The number of aliphatic carboxylic acids is 1. The number of nitrogens with zero attached hydrogens (tertiary/aromatic N) is 1. The number of hydrogen-bond acceptors (Lipinski definition) is 6. The SMILES string of the molecule is CNC(C(=O)N[C@H](C(=O)N(C)[C@H](/C=C(\C)C(=O)NC(CCCCC(=N)N)C(=O)O)C(C)C)C(C)(C)C)C(C)(C)c1c[nH]c2ccccc12. The van der Waals surface area contributed by atoms with E-state index >= 15 is 0 Å². The van der Waals surface area contributed by atoms with Crippen LogP contribution in [-0.4, -0.2) is 82.8 Å². The zero-order chi connectivity index (χ0) is 36.6. The van der Waals surface area contributed by atoms with Gasteiger partial charge in [-0.1, -0.05) is 79.2 Å². The van der Waals surface area contributed by atoms with Gasteiger partial charge >= 0.3 is 5.97 Å². The van der Waals surface area contributed by atoms with Crippen molar-refractivity contribution in [1.29, 1.82) is 5.41 Å². The monoisotopic (exact) mass is 667 g/mol. The summed E-state index contributed by atoms with van der Waals surface area (Å²) in [5.41, 5.74) is 6.30. The molecule has 1 heterocycles. The number of rotatable bonds is 17. The van der Waals surface area contributed by atoms with Crippen molar-refractivity contribution in [3.8, 4) is 0 Å². The molecule has 0 spiro atoms. The minimum absolute atomic E-state index is 0.0347. The number of para-hydroxylation sites is 1. The normalized spacial score (nSPS) is 15.0. The predicted molar refractivity (Wildman–Crippen MR) is 191 cm³/mol. The number of carbonyl (C=O) groups is 4. The number of nitrogens with one attached hydrogen (secondary N) is 5. The van der Waals surface area contributed by atoms with Crippen LogP contribution in [0.4, 0.5) is 0 Å². The number of carbonyl (C=O) groups excluding carboxylic acids is 3. The Labute approximate surface area is 285 Å². The molecule has 8 N–H and O–H groups in total. The number of amidine groups is 1. The summed E-state index contributed by atoms with van der Waals surface area (Å²) in [5, 5.41) is 26.8. The van der Waals surface area contributed by atoms with E-state index in [1.165, 1.54) is 0 Å². The molecule has 48 heavy (non-hydrogen) atoms. The van der Waals surface area contributed by atoms with Gasteiger partial charge in [0.2, 0.25) is 17.7 Å². The number of hydrogen-bond donors (Lipinski definition) is 7. The van der Waals surface area contributed by atoms with Gasteiger partial charge in [0.1, 0.15) is 12.1 Å². The maximum absolute atomic E-state index is 14.2. The summed E-state index contributed by atoms with van der Waals surface area (Å²) in [4.78, 5) is 58.0. The fourth-order valence-corrected chi connectivity index (χ4v) is 6.08. The van der Waals surface area contributed by atoms with Gasteiger partial charge in [-0.15, -0.1) is 0 Å². The molecule has 12 heteroatoms. The van der Waals surface area contributed by atoms with Gasteiger partial charge < -0.3 is 36.7 Å². The smallest absolute Gasteiger partial charge is 0.326 e. The van der Waals surface area contributed by atoms with Crippen LogP contribution in [0.3, 0.4) is 0 Å². The minimum Gasteiger partial charge on any atom is -0.480 e. The van der Waals surface area contributed by atoms with Crippen molar-refractivity contribution in [1.82, 2.24) is 25.8 Å². The van der Waals surface area contributed by atoms with Crippen molar-refractivity contribution in [2.24, 2.45) is 17.1 Å². The van der Waals surface area contributed by atoms with Crippen LogP contribution in [0.2, 0.25) is 0 Å². The quantitative estimate of drug-likeness (QED) is 0.0572. The summed E-state index contributed by atoms with van der Waals surface area (Å²) in [7, 11) is 3.38. The first-order valence-corrected chi connectivity index (χ1v) is 16.6. The Bertz CT molecular complexity index is 1490. The standard InChI is InChI=1S/C36H57N7O5/c1-21(2)27(19-22(3)31(44)41-26(34(47)48)17-13-14-18-28(37)38)43(10)33(46)30(35(4,5)6)42-32(45)29(39-9)36(7,8)24-20-40-25-16-12-11-15-23(24)25/h11-12,15-16,19-21,26-27,29-30,39-40H,13-14,17-18H2,1-10H3,(H3,37,38)(H,41,44)(H,42,45)(H,47,48)/b22-19+/t26?,27-,29?,30-/m1/s1. The second-order valence-corrected chi connectivity index (χ2v) is 14.7. The second-order valence-electron chi connectivity index (χ2n) is 14.7. The Morgan fingerprint density at radius 2 is 1.67 bits per heavy atom. The summed E-state index contributed by atoms with van der Waals surface area (Å²) in [6.07, 6.45) is 5.19. The van der Waals surface area contributed by atoms with E-state index < -0.39 is 46.9 Å². The van der Waals surface area contributed by atoms with Crippen molar-refractivity contribution in [3.05, 3.63) is 47.7 Å². The maximum Gasteiger partial charge on any atom is 0.326 e. The Kier molecular flexibility index (Phi) is 14.0. The fourth-order valence-electron chi connectivity index (χ4n) is 6.08. The molecule has 2 rings (SSSR count). The van der Waals surface area contributed by atoms with Crippen LogP contribution in [0.15, 0.2) is 42.1 Å². The molecule has 0 bridgehead atoms. The van der Waals surface area contributed by atoms with E-state index in [-0.39, 0.29) is 35.6 Å². The van der Waals surface area contributed by atoms with Gasteiger partial charge in [0, 0.05) is 41.6 Å². The minimum atomic E-state index is -1.15. The van der Waals surface area contributed by atoms with Crippen molar-refractivity contribution in [2.45, 2.75) is 111 Å². The van der Waals surface area contributed by atoms with Crippen LogP contribution in [0, 0.1) is 16.7 Å². The molecular weight excluding hydrogens is 610 g/mol. The fraction of sp³-hybridized carbons (Fsp3) is 0.583. The number of aromatic nitrogens is 1. The van der Waals surface area contributed by atoms with Gasteiger partial charge in [0.05, 0.1) is 17.9 Å². The molecule has 0 aliphatic rings. The molecule has 4 atom stereocenters. The predicted octanol–water partition coefficient (Wildman–Crippen LogP) is 4.06. The second kappa shape index (κ2) is 16.8.